The molecule has 156 valence electrons. The van der Waals surface area contributed by atoms with E-state index in [1.165, 1.54) is 18.2 Å². The van der Waals surface area contributed by atoms with Crippen LogP contribution in [0.15, 0.2) is 18.2 Å². The number of hydrogen-bond acceptors (Lipinski definition) is 7. The van der Waals surface area contributed by atoms with Gasteiger partial charge in [-0.1, -0.05) is 6.92 Å². The normalized spacial score (nSPS) is 20.1. The maximum atomic E-state index is 12.2. The summed E-state index contributed by atoms with van der Waals surface area (Å²) >= 11 is 0. The minimum Gasteiger partial charge on any atom is -0.450 e. The van der Waals surface area contributed by atoms with Gasteiger partial charge >= 0.3 is 6.09 Å². The van der Waals surface area contributed by atoms with Crippen LogP contribution in [-0.4, -0.2) is 53.5 Å². The van der Waals surface area contributed by atoms with Crippen LogP contribution in [0.4, 0.5) is 21.9 Å². The summed E-state index contributed by atoms with van der Waals surface area (Å²) in [7, 11) is 0. The first-order valence-corrected chi connectivity index (χ1v) is 9.65. The fourth-order valence-corrected chi connectivity index (χ4v) is 3.63. The van der Waals surface area contributed by atoms with Crippen molar-refractivity contribution < 1.29 is 24.0 Å². The summed E-state index contributed by atoms with van der Waals surface area (Å²) in [5.41, 5.74) is 0.328. The molecule has 2 aliphatic heterocycles. The van der Waals surface area contributed by atoms with Gasteiger partial charge in [0.25, 0.3) is 5.69 Å². The second kappa shape index (κ2) is 8.46. The van der Waals surface area contributed by atoms with E-state index in [4.69, 9.17) is 4.74 Å². The van der Waals surface area contributed by atoms with Crippen LogP contribution in [0.1, 0.15) is 33.1 Å². The number of nitrogens with one attached hydrogen (secondary N) is 1. The van der Waals surface area contributed by atoms with Gasteiger partial charge in [-0.2, -0.15) is 0 Å². The molecule has 2 aliphatic rings. The molecule has 0 aliphatic carbocycles. The van der Waals surface area contributed by atoms with Gasteiger partial charge in [-0.15, -0.1) is 0 Å². The minimum absolute atomic E-state index is 0.0414. The molecular formula is C19H24N4O6. The lowest BCUT2D eigenvalue weighted by Gasteiger charge is -2.32. The van der Waals surface area contributed by atoms with E-state index in [-0.39, 0.29) is 41.7 Å². The third kappa shape index (κ3) is 4.30. The Balaban J connectivity index is 1.72. The molecule has 0 saturated carbocycles. The highest BCUT2D eigenvalue weighted by Crippen LogP contribution is 2.34. The lowest BCUT2D eigenvalue weighted by atomic mass is 10.0. The van der Waals surface area contributed by atoms with Crippen molar-refractivity contribution in [3.05, 3.63) is 28.3 Å². The SMILES string of the molecule is CCOC(=O)N1CCC(Nc2ccc(N3C(=O)C[C@H](C)C3=O)cc2[N+](=O)[O-])CC1. The number of hydrogen-bond donors (Lipinski definition) is 1. The molecule has 3 amide bonds. The maximum absolute atomic E-state index is 12.2. The van der Waals surface area contributed by atoms with Gasteiger partial charge in [0.1, 0.15) is 5.69 Å². The highest BCUT2D eigenvalue weighted by atomic mass is 16.6. The third-order valence-electron chi connectivity index (χ3n) is 5.19. The monoisotopic (exact) mass is 404 g/mol. The molecule has 1 N–H and O–H groups in total. The first-order valence-electron chi connectivity index (χ1n) is 9.65. The largest absolute Gasteiger partial charge is 0.450 e. The van der Waals surface area contributed by atoms with Crippen molar-refractivity contribution in [2.45, 2.75) is 39.2 Å². The van der Waals surface area contributed by atoms with Crippen molar-refractivity contribution >= 4 is 35.0 Å². The third-order valence-corrected chi connectivity index (χ3v) is 5.19. The van der Waals surface area contributed by atoms with Crippen LogP contribution in [0, 0.1) is 16.0 Å². The van der Waals surface area contributed by atoms with E-state index >= 15 is 0 Å². The van der Waals surface area contributed by atoms with Gasteiger partial charge in [0, 0.05) is 37.5 Å². The molecule has 10 nitrogen and oxygen atoms in total. The predicted octanol–water partition coefficient (Wildman–Crippen LogP) is 2.53. The van der Waals surface area contributed by atoms with Crippen molar-refractivity contribution in [1.82, 2.24) is 4.90 Å². The molecular weight excluding hydrogens is 380 g/mol. The molecule has 1 aromatic carbocycles. The number of amides is 3. The summed E-state index contributed by atoms with van der Waals surface area (Å²) in [5.74, 6) is -1.14. The van der Waals surface area contributed by atoms with Gasteiger partial charge in [-0.25, -0.2) is 4.79 Å². The van der Waals surface area contributed by atoms with Crippen LogP contribution in [-0.2, 0) is 14.3 Å². The average molecular weight is 404 g/mol. The van der Waals surface area contributed by atoms with Gasteiger partial charge in [-0.3, -0.25) is 24.6 Å². The number of nitrogens with zero attached hydrogens (tertiary/aromatic N) is 3. The molecule has 0 unspecified atom stereocenters. The van der Waals surface area contributed by atoms with E-state index in [0.717, 1.165) is 4.90 Å². The quantitative estimate of drug-likeness (QED) is 0.454. The van der Waals surface area contributed by atoms with Crippen molar-refractivity contribution in [3.8, 4) is 0 Å². The molecule has 0 radical (unpaired) electrons. The molecule has 29 heavy (non-hydrogen) atoms. The zero-order chi connectivity index (χ0) is 21.1. The van der Waals surface area contributed by atoms with Crippen molar-refractivity contribution in [3.63, 3.8) is 0 Å². The number of piperidine rings is 1. The molecule has 2 fully saturated rings. The molecule has 0 aromatic heterocycles. The smallest absolute Gasteiger partial charge is 0.409 e. The van der Waals surface area contributed by atoms with Gasteiger partial charge in [-0.05, 0) is 31.9 Å². The van der Waals surface area contributed by atoms with Crippen molar-refractivity contribution in [2.75, 3.05) is 29.9 Å². The minimum atomic E-state index is -0.534. The number of nitro benzene ring substituents is 1. The number of imide groups is 1. The van der Waals surface area contributed by atoms with E-state index in [9.17, 15) is 24.5 Å². The lowest BCUT2D eigenvalue weighted by molar-refractivity contribution is -0.383. The van der Waals surface area contributed by atoms with Gasteiger partial charge in [0.05, 0.1) is 17.2 Å². The second-order valence-corrected chi connectivity index (χ2v) is 7.24. The first-order chi connectivity index (χ1) is 13.8. The maximum Gasteiger partial charge on any atom is 0.409 e. The van der Waals surface area contributed by atoms with Crippen LogP contribution < -0.4 is 10.2 Å². The Labute approximate surface area is 167 Å². The Bertz CT molecular complexity index is 834. The molecule has 0 bridgehead atoms. The van der Waals surface area contributed by atoms with E-state index < -0.39 is 10.8 Å². The van der Waals surface area contributed by atoms with Gasteiger partial charge in [0.2, 0.25) is 11.8 Å². The number of nitro groups is 1. The summed E-state index contributed by atoms with van der Waals surface area (Å²) in [4.78, 5) is 49.8. The fraction of sp³-hybridized carbons (Fsp3) is 0.526. The molecule has 1 atom stereocenters. The topological polar surface area (TPSA) is 122 Å². The van der Waals surface area contributed by atoms with E-state index in [1.54, 1.807) is 18.7 Å². The van der Waals surface area contributed by atoms with Crippen LogP contribution in [0.2, 0.25) is 0 Å². The van der Waals surface area contributed by atoms with Crippen LogP contribution in [0.5, 0.6) is 0 Å². The highest BCUT2D eigenvalue weighted by Gasteiger charge is 2.37. The van der Waals surface area contributed by atoms with Crippen molar-refractivity contribution in [1.29, 1.82) is 0 Å². The Morgan fingerprint density at radius 2 is 2.00 bits per heavy atom. The summed E-state index contributed by atoms with van der Waals surface area (Å²) in [6.45, 7) is 4.72. The summed E-state index contributed by atoms with van der Waals surface area (Å²) in [6.07, 6.45) is 0.998. The summed E-state index contributed by atoms with van der Waals surface area (Å²) < 4.78 is 4.99. The Kier molecular flexibility index (Phi) is 6.00. The number of ether oxygens (including phenoxy) is 1. The van der Waals surface area contributed by atoms with E-state index in [0.29, 0.717) is 38.2 Å². The first kappa shape index (κ1) is 20.6. The van der Waals surface area contributed by atoms with Crippen LogP contribution in [0.3, 0.4) is 0 Å². The number of rotatable bonds is 5. The van der Waals surface area contributed by atoms with Gasteiger partial charge < -0.3 is 15.0 Å². The zero-order valence-electron chi connectivity index (χ0n) is 16.4. The van der Waals surface area contributed by atoms with E-state index in [2.05, 4.69) is 5.32 Å². The standard InChI is InChI=1S/C19H24N4O6/c1-3-29-19(26)21-8-6-13(7-9-21)20-15-5-4-14(11-16(15)23(27)28)22-17(24)10-12(2)18(22)25/h4-5,11-13,20H,3,6-10H2,1-2H3/t12-/m0/s1. The molecule has 1 aromatic rings. The molecule has 2 heterocycles. The Morgan fingerprint density at radius 3 is 2.55 bits per heavy atom. The van der Waals surface area contributed by atoms with Gasteiger partial charge in [0.15, 0.2) is 0 Å². The molecule has 2 saturated heterocycles. The predicted molar refractivity (Wildman–Crippen MR) is 105 cm³/mol. The van der Waals surface area contributed by atoms with E-state index in [1.807, 2.05) is 0 Å². The average Bonchev–Trinajstić information content (AvgIpc) is 2.94. The number of carbonyl (C=O) groups excluding carboxylic acids is 3. The molecule has 0 spiro atoms. The Hall–Kier alpha value is -3.17. The number of likely N-dealkylation sites (tertiary alicyclic amines) is 1. The van der Waals surface area contributed by atoms with Crippen molar-refractivity contribution in [2.24, 2.45) is 5.92 Å². The van der Waals surface area contributed by atoms with Crippen LogP contribution in [0.25, 0.3) is 0 Å². The highest BCUT2D eigenvalue weighted by molar-refractivity contribution is 6.21. The number of carbonyl (C=O) groups is 3. The summed E-state index contributed by atoms with van der Waals surface area (Å²) in [5, 5.41) is 14.7. The fourth-order valence-electron chi connectivity index (χ4n) is 3.63. The zero-order valence-corrected chi connectivity index (χ0v) is 16.4. The lowest BCUT2D eigenvalue weighted by Crippen LogP contribution is -2.42. The number of benzene rings is 1. The Morgan fingerprint density at radius 1 is 1.31 bits per heavy atom. The number of anilines is 2. The second-order valence-electron chi connectivity index (χ2n) is 7.24. The molecule has 10 heteroatoms. The molecule has 3 rings (SSSR count). The van der Waals surface area contributed by atoms with Crippen LogP contribution >= 0.6 is 0 Å². The summed E-state index contributed by atoms with van der Waals surface area (Å²) in [6, 6.07) is 4.27.